The van der Waals surface area contributed by atoms with E-state index in [-0.39, 0.29) is 11.7 Å². The van der Waals surface area contributed by atoms with Gasteiger partial charge >= 0.3 is 6.18 Å². The zero-order valence-electron chi connectivity index (χ0n) is 18.0. The highest BCUT2D eigenvalue weighted by Gasteiger charge is 2.31. The molecular formula is C24H23F3N4O2. The van der Waals surface area contributed by atoms with Crippen LogP contribution >= 0.6 is 0 Å². The first-order valence-corrected chi connectivity index (χ1v) is 10.6. The van der Waals surface area contributed by atoms with Crippen LogP contribution in [0.15, 0.2) is 66.7 Å². The molecule has 1 aliphatic heterocycles. The molecule has 1 fully saturated rings. The number of ether oxygens (including phenoxy) is 1. The highest BCUT2D eigenvalue weighted by atomic mass is 19.4. The third-order valence-corrected chi connectivity index (χ3v) is 5.46. The van der Waals surface area contributed by atoms with E-state index in [0.717, 1.165) is 29.2 Å². The van der Waals surface area contributed by atoms with E-state index in [1.807, 2.05) is 47.4 Å². The molecule has 0 bridgehead atoms. The summed E-state index contributed by atoms with van der Waals surface area (Å²) in [7, 11) is 0. The predicted molar refractivity (Wildman–Crippen MR) is 118 cm³/mol. The smallest absolute Gasteiger partial charge is 0.416 e. The SMILES string of the molecule is CC(Oc1cccc(C(F)(F)F)c1)C(=O)N1CCN(c2ccc(-c3ccccc3)nn2)CC1. The first kappa shape index (κ1) is 22.6. The molecule has 0 saturated carbocycles. The van der Waals surface area contributed by atoms with Gasteiger partial charge in [-0.05, 0) is 37.3 Å². The maximum Gasteiger partial charge on any atom is 0.416 e. The highest BCUT2D eigenvalue weighted by Crippen LogP contribution is 2.31. The number of rotatable bonds is 5. The summed E-state index contributed by atoms with van der Waals surface area (Å²) in [5.74, 6) is 0.478. The van der Waals surface area contributed by atoms with Crippen molar-refractivity contribution in [2.75, 3.05) is 31.1 Å². The Hall–Kier alpha value is -3.62. The number of alkyl halides is 3. The molecular weight excluding hydrogens is 433 g/mol. The van der Waals surface area contributed by atoms with Gasteiger partial charge in [0.15, 0.2) is 11.9 Å². The van der Waals surface area contributed by atoms with Gasteiger partial charge in [0, 0.05) is 31.7 Å². The van der Waals surface area contributed by atoms with E-state index in [2.05, 4.69) is 10.2 Å². The van der Waals surface area contributed by atoms with Crippen molar-refractivity contribution in [1.82, 2.24) is 15.1 Å². The summed E-state index contributed by atoms with van der Waals surface area (Å²) in [6.07, 6.45) is -5.37. The van der Waals surface area contributed by atoms with E-state index in [0.29, 0.717) is 26.2 Å². The molecule has 1 aliphatic rings. The van der Waals surface area contributed by atoms with Crippen molar-refractivity contribution in [3.63, 3.8) is 0 Å². The molecule has 6 nitrogen and oxygen atoms in total. The van der Waals surface area contributed by atoms with Gasteiger partial charge in [0.2, 0.25) is 0 Å². The van der Waals surface area contributed by atoms with E-state index < -0.39 is 17.8 Å². The first-order valence-electron chi connectivity index (χ1n) is 10.6. The molecule has 2 heterocycles. The van der Waals surface area contributed by atoms with Crippen LogP contribution in [-0.4, -0.2) is 53.3 Å². The van der Waals surface area contributed by atoms with Crippen molar-refractivity contribution in [1.29, 1.82) is 0 Å². The highest BCUT2D eigenvalue weighted by molar-refractivity contribution is 5.81. The number of nitrogens with zero attached hydrogens (tertiary/aromatic N) is 4. The Morgan fingerprint density at radius 3 is 2.30 bits per heavy atom. The summed E-state index contributed by atoms with van der Waals surface area (Å²) in [4.78, 5) is 16.5. The summed E-state index contributed by atoms with van der Waals surface area (Å²) >= 11 is 0. The van der Waals surface area contributed by atoms with E-state index in [9.17, 15) is 18.0 Å². The molecule has 9 heteroatoms. The number of carbonyl (C=O) groups excluding carboxylic acids is 1. The summed E-state index contributed by atoms with van der Waals surface area (Å²) in [6, 6.07) is 18.1. The maximum atomic E-state index is 12.9. The van der Waals surface area contributed by atoms with Crippen LogP contribution in [0.5, 0.6) is 5.75 Å². The number of aromatic nitrogens is 2. The van der Waals surface area contributed by atoms with Crippen molar-refractivity contribution in [2.45, 2.75) is 19.2 Å². The minimum atomic E-state index is -4.47. The lowest BCUT2D eigenvalue weighted by Gasteiger charge is -2.36. The molecule has 0 spiro atoms. The molecule has 0 aliphatic carbocycles. The van der Waals surface area contributed by atoms with Crippen LogP contribution in [0.4, 0.5) is 19.0 Å². The first-order chi connectivity index (χ1) is 15.8. The molecule has 1 unspecified atom stereocenters. The van der Waals surface area contributed by atoms with Gasteiger partial charge in [0.1, 0.15) is 5.75 Å². The Morgan fingerprint density at radius 2 is 1.67 bits per heavy atom. The van der Waals surface area contributed by atoms with Gasteiger partial charge in [0.05, 0.1) is 11.3 Å². The van der Waals surface area contributed by atoms with Gasteiger partial charge in [-0.25, -0.2) is 0 Å². The van der Waals surface area contributed by atoms with Crippen LogP contribution in [0.25, 0.3) is 11.3 Å². The second-order valence-corrected chi connectivity index (χ2v) is 7.74. The fourth-order valence-electron chi connectivity index (χ4n) is 3.67. The number of hydrogen-bond acceptors (Lipinski definition) is 5. The van der Waals surface area contributed by atoms with Gasteiger partial charge in [0.25, 0.3) is 5.91 Å². The molecule has 4 rings (SSSR count). The number of amides is 1. The van der Waals surface area contributed by atoms with E-state index in [4.69, 9.17) is 4.74 Å². The van der Waals surface area contributed by atoms with Gasteiger partial charge < -0.3 is 14.5 Å². The average molecular weight is 456 g/mol. The van der Waals surface area contributed by atoms with Crippen LogP contribution < -0.4 is 9.64 Å². The van der Waals surface area contributed by atoms with Crippen LogP contribution in [0, 0.1) is 0 Å². The van der Waals surface area contributed by atoms with Gasteiger partial charge in [-0.3, -0.25) is 4.79 Å². The number of hydrogen-bond donors (Lipinski definition) is 0. The lowest BCUT2D eigenvalue weighted by Crippen LogP contribution is -2.52. The van der Waals surface area contributed by atoms with E-state index in [1.54, 1.807) is 11.8 Å². The standard InChI is InChI=1S/C24H23F3N4O2/c1-17(33-20-9-5-8-19(16-20)24(25,26)27)23(32)31-14-12-30(13-15-31)22-11-10-21(28-29-22)18-6-3-2-4-7-18/h2-11,16-17H,12-15H2,1H3. The van der Waals surface area contributed by atoms with Crippen molar-refractivity contribution < 1.29 is 22.7 Å². The lowest BCUT2D eigenvalue weighted by molar-refractivity contribution is -0.138. The van der Waals surface area contributed by atoms with Crippen LogP contribution in [0.3, 0.4) is 0 Å². The summed E-state index contributed by atoms with van der Waals surface area (Å²) < 4.78 is 44.2. The van der Waals surface area contributed by atoms with Crippen molar-refractivity contribution >= 4 is 11.7 Å². The predicted octanol–water partition coefficient (Wildman–Crippen LogP) is 4.28. The molecule has 1 saturated heterocycles. The lowest BCUT2D eigenvalue weighted by atomic mass is 10.1. The third-order valence-electron chi connectivity index (χ3n) is 5.46. The zero-order chi connectivity index (χ0) is 23.4. The molecule has 3 aromatic rings. The number of piperazine rings is 1. The minimum absolute atomic E-state index is 0.0121. The summed E-state index contributed by atoms with van der Waals surface area (Å²) in [5.41, 5.74) is 0.961. The molecule has 1 aromatic heterocycles. The number of halogens is 3. The van der Waals surface area contributed by atoms with Crippen LogP contribution in [0.2, 0.25) is 0 Å². The van der Waals surface area contributed by atoms with Crippen molar-refractivity contribution in [3.05, 3.63) is 72.3 Å². The third kappa shape index (κ3) is 5.42. The molecule has 0 N–H and O–H groups in total. The second-order valence-electron chi connectivity index (χ2n) is 7.74. The maximum absolute atomic E-state index is 12.9. The minimum Gasteiger partial charge on any atom is -0.481 e. The second kappa shape index (κ2) is 9.48. The summed E-state index contributed by atoms with van der Waals surface area (Å²) in [6.45, 7) is 3.60. The van der Waals surface area contributed by atoms with Crippen molar-refractivity contribution in [2.24, 2.45) is 0 Å². The molecule has 0 radical (unpaired) electrons. The van der Waals surface area contributed by atoms with Crippen molar-refractivity contribution in [3.8, 4) is 17.0 Å². The van der Waals surface area contributed by atoms with E-state index in [1.165, 1.54) is 12.1 Å². The average Bonchev–Trinajstić information content (AvgIpc) is 2.84. The Morgan fingerprint density at radius 1 is 0.939 bits per heavy atom. The fraction of sp³-hybridized carbons (Fsp3) is 0.292. The van der Waals surface area contributed by atoms with Gasteiger partial charge in [-0.1, -0.05) is 36.4 Å². The molecule has 1 atom stereocenters. The molecule has 2 aromatic carbocycles. The van der Waals surface area contributed by atoms with E-state index >= 15 is 0 Å². The monoisotopic (exact) mass is 456 g/mol. The molecule has 172 valence electrons. The van der Waals surface area contributed by atoms with Gasteiger partial charge in [-0.15, -0.1) is 10.2 Å². The molecule has 1 amide bonds. The quantitative estimate of drug-likeness (QED) is 0.574. The molecule has 33 heavy (non-hydrogen) atoms. The normalized spacial score (nSPS) is 15.3. The van der Waals surface area contributed by atoms with Crippen LogP contribution in [-0.2, 0) is 11.0 Å². The Bertz CT molecular complexity index is 1080. The number of benzene rings is 2. The number of carbonyl (C=O) groups is 1. The van der Waals surface area contributed by atoms with Crippen LogP contribution in [0.1, 0.15) is 12.5 Å². The topological polar surface area (TPSA) is 58.6 Å². The Labute approximate surface area is 189 Å². The largest absolute Gasteiger partial charge is 0.481 e. The zero-order valence-corrected chi connectivity index (χ0v) is 18.0. The Kier molecular flexibility index (Phi) is 6.48. The Balaban J connectivity index is 1.32. The number of anilines is 1. The fourth-order valence-corrected chi connectivity index (χ4v) is 3.67. The van der Waals surface area contributed by atoms with Gasteiger partial charge in [-0.2, -0.15) is 13.2 Å². The summed E-state index contributed by atoms with van der Waals surface area (Å²) in [5, 5.41) is 8.63.